The summed E-state index contributed by atoms with van der Waals surface area (Å²) >= 11 is 6.06. The second kappa shape index (κ2) is 5.85. The van der Waals surface area contributed by atoms with Crippen molar-refractivity contribution in [2.45, 2.75) is 63.5 Å². The Morgan fingerprint density at radius 3 is 2.68 bits per heavy atom. The fourth-order valence-corrected chi connectivity index (χ4v) is 3.90. The molecule has 1 nitrogen and oxygen atoms in total. The second-order valence-electron chi connectivity index (χ2n) is 6.56. The number of rotatable bonds is 3. The van der Waals surface area contributed by atoms with Gasteiger partial charge in [-0.3, -0.25) is 0 Å². The van der Waals surface area contributed by atoms with E-state index in [2.05, 4.69) is 30.4 Å². The molecule has 0 radical (unpaired) electrons. The monoisotopic (exact) mass is 277 g/mol. The Labute approximate surface area is 121 Å². The van der Waals surface area contributed by atoms with Crippen LogP contribution < -0.4 is 5.32 Å². The minimum atomic E-state index is 0.720. The van der Waals surface area contributed by atoms with Crippen molar-refractivity contribution in [2.75, 3.05) is 0 Å². The summed E-state index contributed by atoms with van der Waals surface area (Å²) in [6, 6.07) is 9.89. The molecule has 19 heavy (non-hydrogen) atoms. The van der Waals surface area contributed by atoms with Gasteiger partial charge in [0.1, 0.15) is 0 Å². The van der Waals surface area contributed by atoms with Gasteiger partial charge in [0.25, 0.3) is 0 Å². The Morgan fingerprint density at radius 2 is 1.95 bits per heavy atom. The Kier molecular flexibility index (Phi) is 4.14. The molecule has 2 atom stereocenters. The molecule has 2 unspecified atom stereocenters. The molecule has 104 valence electrons. The third kappa shape index (κ3) is 3.32. The normalized spacial score (nSPS) is 34.8. The van der Waals surface area contributed by atoms with E-state index >= 15 is 0 Å². The van der Waals surface area contributed by atoms with E-state index in [1.807, 2.05) is 6.07 Å². The summed E-state index contributed by atoms with van der Waals surface area (Å²) in [6.45, 7) is 2.39. The molecule has 0 saturated heterocycles. The van der Waals surface area contributed by atoms with Crippen LogP contribution in [0.2, 0.25) is 5.02 Å². The molecule has 0 heterocycles. The number of hydrogen-bond acceptors (Lipinski definition) is 1. The molecule has 1 aromatic carbocycles. The van der Waals surface area contributed by atoms with Crippen LogP contribution in [0.5, 0.6) is 0 Å². The van der Waals surface area contributed by atoms with Crippen LogP contribution in [0.4, 0.5) is 0 Å². The first-order valence-electron chi connectivity index (χ1n) is 7.72. The quantitative estimate of drug-likeness (QED) is 0.840. The van der Waals surface area contributed by atoms with Gasteiger partial charge in [-0.2, -0.15) is 0 Å². The molecule has 2 fully saturated rings. The predicted octanol–water partition coefficient (Wildman–Crippen LogP) is 4.75. The van der Waals surface area contributed by atoms with E-state index in [4.69, 9.17) is 11.6 Å². The largest absolute Gasteiger partial charge is 0.311 e. The highest BCUT2D eigenvalue weighted by atomic mass is 35.5. The minimum absolute atomic E-state index is 0.720. The van der Waals surface area contributed by atoms with Crippen LogP contribution in [0.15, 0.2) is 24.3 Å². The molecule has 0 amide bonds. The molecule has 0 spiro atoms. The van der Waals surface area contributed by atoms with Gasteiger partial charge in [-0.1, -0.05) is 43.5 Å². The Hall–Kier alpha value is -0.530. The molecule has 3 rings (SSSR count). The molecule has 2 saturated carbocycles. The van der Waals surface area contributed by atoms with Crippen molar-refractivity contribution in [3.8, 4) is 0 Å². The van der Waals surface area contributed by atoms with Gasteiger partial charge in [-0.05, 0) is 55.2 Å². The van der Waals surface area contributed by atoms with Crippen LogP contribution in [0.25, 0.3) is 0 Å². The predicted molar refractivity (Wildman–Crippen MR) is 81.8 cm³/mol. The zero-order valence-electron chi connectivity index (χ0n) is 11.7. The van der Waals surface area contributed by atoms with Crippen molar-refractivity contribution in [1.82, 2.24) is 5.32 Å². The minimum Gasteiger partial charge on any atom is -0.311 e. The zero-order valence-corrected chi connectivity index (χ0v) is 12.5. The Bertz CT molecular complexity index is 425. The van der Waals surface area contributed by atoms with Crippen molar-refractivity contribution in [3.05, 3.63) is 34.9 Å². The van der Waals surface area contributed by atoms with E-state index in [0.717, 1.165) is 28.9 Å². The standard InChI is InChI=1S/C17H24ClN/c1-12-4-2-7-16(8-12)19-17-10-14(11-17)13-5-3-6-15(18)9-13/h3,5-6,9,12,14,16-17,19H,2,4,7-8,10-11H2,1H3. The SMILES string of the molecule is CC1CCCC(NC2CC(c3cccc(Cl)c3)C2)C1. The van der Waals surface area contributed by atoms with Crippen molar-refractivity contribution >= 4 is 11.6 Å². The highest BCUT2D eigenvalue weighted by Crippen LogP contribution is 2.38. The maximum absolute atomic E-state index is 6.06. The van der Waals surface area contributed by atoms with Gasteiger partial charge >= 0.3 is 0 Å². The van der Waals surface area contributed by atoms with Gasteiger partial charge in [-0.15, -0.1) is 0 Å². The molecule has 2 heteroatoms. The summed E-state index contributed by atoms with van der Waals surface area (Å²) in [5, 5.41) is 4.74. The van der Waals surface area contributed by atoms with Gasteiger partial charge in [0.05, 0.1) is 0 Å². The number of benzene rings is 1. The highest BCUT2D eigenvalue weighted by Gasteiger charge is 2.32. The van der Waals surface area contributed by atoms with E-state index < -0.39 is 0 Å². The molecule has 2 aliphatic carbocycles. The lowest BCUT2D eigenvalue weighted by atomic mass is 9.75. The van der Waals surface area contributed by atoms with E-state index in [9.17, 15) is 0 Å². The summed E-state index contributed by atoms with van der Waals surface area (Å²) in [5.41, 5.74) is 1.42. The van der Waals surface area contributed by atoms with Crippen LogP contribution in [-0.4, -0.2) is 12.1 Å². The van der Waals surface area contributed by atoms with E-state index in [1.165, 1.54) is 44.1 Å². The van der Waals surface area contributed by atoms with Gasteiger partial charge in [-0.25, -0.2) is 0 Å². The molecular weight excluding hydrogens is 254 g/mol. The van der Waals surface area contributed by atoms with Gasteiger partial charge in [0, 0.05) is 17.1 Å². The van der Waals surface area contributed by atoms with E-state index in [1.54, 1.807) is 0 Å². The first kappa shape index (κ1) is 13.5. The van der Waals surface area contributed by atoms with E-state index in [0.29, 0.717) is 0 Å². The maximum Gasteiger partial charge on any atom is 0.0408 e. The van der Waals surface area contributed by atoms with Crippen LogP contribution in [-0.2, 0) is 0 Å². The van der Waals surface area contributed by atoms with Crippen LogP contribution in [0.1, 0.15) is 56.9 Å². The number of nitrogens with one attached hydrogen (secondary N) is 1. The Balaban J connectivity index is 1.47. The molecule has 0 aromatic heterocycles. The first-order chi connectivity index (χ1) is 9.20. The third-order valence-corrected chi connectivity index (χ3v) is 5.10. The summed E-state index contributed by atoms with van der Waals surface area (Å²) in [7, 11) is 0. The first-order valence-corrected chi connectivity index (χ1v) is 8.10. The van der Waals surface area contributed by atoms with Crippen LogP contribution in [0, 0.1) is 5.92 Å². The van der Waals surface area contributed by atoms with Crippen LogP contribution in [0.3, 0.4) is 0 Å². The smallest absolute Gasteiger partial charge is 0.0408 e. The maximum atomic E-state index is 6.06. The highest BCUT2D eigenvalue weighted by molar-refractivity contribution is 6.30. The average molecular weight is 278 g/mol. The third-order valence-electron chi connectivity index (χ3n) is 4.87. The summed E-state index contributed by atoms with van der Waals surface area (Å²) in [4.78, 5) is 0. The fraction of sp³-hybridized carbons (Fsp3) is 0.647. The molecule has 1 aromatic rings. The van der Waals surface area contributed by atoms with Crippen molar-refractivity contribution in [2.24, 2.45) is 5.92 Å². The van der Waals surface area contributed by atoms with Crippen molar-refractivity contribution in [3.63, 3.8) is 0 Å². The summed E-state index contributed by atoms with van der Waals surface area (Å²) in [6.07, 6.45) is 8.15. The van der Waals surface area contributed by atoms with Crippen molar-refractivity contribution in [1.29, 1.82) is 0 Å². The number of halogens is 1. The second-order valence-corrected chi connectivity index (χ2v) is 6.99. The topological polar surface area (TPSA) is 12.0 Å². The summed E-state index contributed by atoms with van der Waals surface area (Å²) in [5.74, 6) is 1.63. The van der Waals surface area contributed by atoms with Gasteiger partial charge in [0.2, 0.25) is 0 Å². The molecule has 0 bridgehead atoms. The molecular formula is C17H24ClN. The van der Waals surface area contributed by atoms with E-state index in [-0.39, 0.29) is 0 Å². The lowest BCUT2D eigenvalue weighted by molar-refractivity contribution is 0.217. The average Bonchev–Trinajstić information content (AvgIpc) is 2.33. The molecule has 0 aliphatic heterocycles. The summed E-state index contributed by atoms with van der Waals surface area (Å²) < 4.78 is 0. The van der Waals surface area contributed by atoms with Gasteiger partial charge < -0.3 is 5.32 Å². The van der Waals surface area contributed by atoms with Crippen molar-refractivity contribution < 1.29 is 0 Å². The molecule has 1 N–H and O–H groups in total. The lowest BCUT2D eigenvalue weighted by Gasteiger charge is -2.40. The molecule has 2 aliphatic rings. The van der Waals surface area contributed by atoms with Gasteiger partial charge in [0.15, 0.2) is 0 Å². The number of hydrogen-bond donors (Lipinski definition) is 1. The zero-order chi connectivity index (χ0) is 13.2. The fourth-order valence-electron chi connectivity index (χ4n) is 3.71. The Morgan fingerprint density at radius 1 is 1.11 bits per heavy atom. The van der Waals surface area contributed by atoms with Crippen LogP contribution >= 0.6 is 11.6 Å². The lowest BCUT2D eigenvalue weighted by Crippen LogP contribution is -2.46.